The molecule has 6 heteroatoms. The molecule has 1 aromatic heterocycles. The Kier molecular flexibility index (Phi) is 3.35. The molecular weight excluding hydrogens is 192 g/mol. The van der Waals surface area contributed by atoms with Crippen LogP contribution in [-0.2, 0) is 9.53 Å². The zero-order chi connectivity index (χ0) is 9.84. The van der Waals surface area contributed by atoms with Crippen LogP contribution in [0.1, 0.15) is 11.1 Å². The van der Waals surface area contributed by atoms with E-state index in [9.17, 15) is 9.90 Å². The quantitative estimate of drug-likeness (QED) is 0.656. The summed E-state index contributed by atoms with van der Waals surface area (Å²) in [6, 6.07) is -1.07. The Morgan fingerprint density at radius 3 is 3.00 bits per heavy atom. The fraction of sp³-hybridized carbons (Fsp3) is 0.429. The molecule has 1 aromatic rings. The number of hydrogen-bond donors (Lipinski definition) is 2. The van der Waals surface area contributed by atoms with Crippen LogP contribution in [0.5, 0.6) is 0 Å². The highest BCUT2D eigenvalue weighted by Crippen LogP contribution is 2.18. The monoisotopic (exact) mass is 202 g/mol. The van der Waals surface area contributed by atoms with E-state index in [1.54, 1.807) is 5.38 Å². The molecule has 0 aliphatic heterocycles. The number of esters is 1. The summed E-state index contributed by atoms with van der Waals surface area (Å²) in [5.41, 5.74) is 5.40. The number of carbonyl (C=O) groups excluding carboxylic acids is 1. The fourth-order valence-corrected chi connectivity index (χ4v) is 1.47. The number of nitrogens with zero attached hydrogens (tertiary/aromatic N) is 1. The van der Waals surface area contributed by atoms with Crippen LogP contribution in [0.15, 0.2) is 11.6 Å². The van der Waals surface area contributed by atoms with Crippen molar-refractivity contribution in [3.8, 4) is 0 Å². The van der Waals surface area contributed by atoms with Gasteiger partial charge in [-0.25, -0.2) is 4.98 Å². The number of nitrogens with two attached hydrogens (primary N) is 1. The minimum Gasteiger partial charge on any atom is -0.468 e. The molecule has 72 valence electrons. The molecule has 0 amide bonds. The Bertz CT molecular complexity index is 275. The molecule has 0 aliphatic carbocycles. The van der Waals surface area contributed by atoms with Gasteiger partial charge in [0.15, 0.2) is 0 Å². The van der Waals surface area contributed by atoms with E-state index in [1.807, 2.05) is 0 Å². The highest BCUT2D eigenvalue weighted by Gasteiger charge is 2.26. The molecule has 0 bridgehead atoms. The molecule has 1 rings (SSSR count). The molecule has 13 heavy (non-hydrogen) atoms. The average molecular weight is 202 g/mol. The summed E-state index contributed by atoms with van der Waals surface area (Å²) in [5, 5.41) is 11.6. The molecule has 2 atom stereocenters. The first-order chi connectivity index (χ1) is 6.16. The minimum atomic E-state index is -1.09. The summed E-state index contributed by atoms with van der Waals surface area (Å²) in [5.74, 6) is -0.650. The van der Waals surface area contributed by atoms with Gasteiger partial charge >= 0.3 is 5.97 Å². The van der Waals surface area contributed by atoms with Gasteiger partial charge in [-0.2, -0.15) is 0 Å². The fourth-order valence-electron chi connectivity index (χ4n) is 0.799. The van der Waals surface area contributed by atoms with Gasteiger partial charge in [0, 0.05) is 11.6 Å². The molecule has 0 unspecified atom stereocenters. The van der Waals surface area contributed by atoms with Crippen LogP contribution in [0.25, 0.3) is 0 Å². The van der Waals surface area contributed by atoms with Crippen molar-refractivity contribution < 1.29 is 14.6 Å². The average Bonchev–Trinajstić information content (AvgIpc) is 2.67. The molecule has 0 spiro atoms. The van der Waals surface area contributed by atoms with E-state index in [1.165, 1.54) is 24.6 Å². The van der Waals surface area contributed by atoms with Crippen LogP contribution in [0.4, 0.5) is 0 Å². The van der Waals surface area contributed by atoms with E-state index in [0.29, 0.717) is 5.01 Å². The van der Waals surface area contributed by atoms with Gasteiger partial charge in [-0.3, -0.25) is 4.79 Å². The standard InChI is InChI=1S/C7H10N2O3S/c1-12-7(11)4(8)5(10)6-9-2-3-13-6/h2-5,10H,8H2,1H3/t4-,5-/m1/s1. The van der Waals surface area contributed by atoms with Crippen LogP contribution in [0.2, 0.25) is 0 Å². The van der Waals surface area contributed by atoms with Gasteiger partial charge in [0.2, 0.25) is 0 Å². The van der Waals surface area contributed by atoms with E-state index < -0.39 is 18.1 Å². The minimum absolute atomic E-state index is 0.415. The molecular formula is C7H10N2O3S. The molecule has 3 N–H and O–H groups in total. The lowest BCUT2D eigenvalue weighted by Crippen LogP contribution is -2.37. The number of rotatable bonds is 3. The lowest BCUT2D eigenvalue weighted by Gasteiger charge is -2.13. The lowest BCUT2D eigenvalue weighted by molar-refractivity contribution is -0.145. The van der Waals surface area contributed by atoms with Crippen molar-refractivity contribution in [2.24, 2.45) is 5.73 Å². The Balaban J connectivity index is 2.68. The first-order valence-corrected chi connectivity index (χ1v) is 4.45. The second-order valence-electron chi connectivity index (χ2n) is 2.36. The number of thiazole rings is 1. The molecule has 0 aromatic carbocycles. The van der Waals surface area contributed by atoms with E-state index in [2.05, 4.69) is 9.72 Å². The van der Waals surface area contributed by atoms with Crippen LogP contribution in [0.3, 0.4) is 0 Å². The molecule has 0 fully saturated rings. The molecule has 0 saturated heterocycles. The summed E-state index contributed by atoms with van der Waals surface area (Å²) in [7, 11) is 1.22. The third kappa shape index (κ3) is 2.24. The van der Waals surface area contributed by atoms with Gasteiger partial charge in [0.1, 0.15) is 17.2 Å². The van der Waals surface area contributed by atoms with Crippen LogP contribution in [-0.4, -0.2) is 29.2 Å². The van der Waals surface area contributed by atoms with Crippen molar-refractivity contribution in [3.05, 3.63) is 16.6 Å². The second-order valence-corrected chi connectivity index (χ2v) is 3.29. The number of methoxy groups -OCH3 is 1. The van der Waals surface area contributed by atoms with Crippen molar-refractivity contribution in [1.82, 2.24) is 4.98 Å². The molecule has 0 aliphatic rings. The first kappa shape index (κ1) is 10.1. The van der Waals surface area contributed by atoms with Crippen LogP contribution >= 0.6 is 11.3 Å². The molecule has 0 saturated carbocycles. The van der Waals surface area contributed by atoms with E-state index in [-0.39, 0.29) is 0 Å². The molecule has 5 nitrogen and oxygen atoms in total. The summed E-state index contributed by atoms with van der Waals surface area (Å²) >= 11 is 1.24. The number of aliphatic hydroxyl groups is 1. The highest BCUT2D eigenvalue weighted by molar-refractivity contribution is 7.09. The number of hydrogen-bond acceptors (Lipinski definition) is 6. The summed E-state index contributed by atoms with van der Waals surface area (Å²) in [6.07, 6.45) is 0.445. The Labute approximate surface area is 79.2 Å². The van der Waals surface area contributed by atoms with Crippen molar-refractivity contribution in [2.75, 3.05) is 7.11 Å². The maximum atomic E-state index is 10.9. The summed E-state index contributed by atoms with van der Waals surface area (Å²) in [4.78, 5) is 14.8. The molecule has 0 radical (unpaired) electrons. The van der Waals surface area contributed by atoms with Crippen molar-refractivity contribution >= 4 is 17.3 Å². The Morgan fingerprint density at radius 1 is 1.85 bits per heavy atom. The smallest absolute Gasteiger partial charge is 0.325 e. The third-order valence-electron chi connectivity index (χ3n) is 1.52. The highest BCUT2D eigenvalue weighted by atomic mass is 32.1. The van der Waals surface area contributed by atoms with Gasteiger partial charge < -0.3 is 15.6 Å². The Hall–Kier alpha value is -0.980. The third-order valence-corrected chi connectivity index (χ3v) is 2.36. The summed E-state index contributed by atoms with van der Waals surface area (Å²) < 4.78 is 4.38. The van der Waals surface area contributed by atoms with Crippen molar-refractivity contribution in [3.63, 3.8) is 0 Å². The Morgan fingerprint density at radius 2 is 2.54 bits per heavy atom. The maximum absolute atomic E-state index is 10.9. The second kappa shape index (κ2) is 4.31. The predicted octanol–water partition coefficient (Wildman–Crippen LogP) is -0.323. The van der Waals surface area contributed by atoms with E-state index in [4.69, 9.17) is 5.73 Å². The van der Waals surface area contributed by atoms with Crippen molar-refractivity contribution in [1.29, 1.82) is 0 Å². The largest absolute Gasteiger partial charge is 0.468 e. The van der Waals surface area contributed by atoms with Crippen LogP contribution in [0, 0.1) is 0 Å². The van der Waals surface area contributed by atoms with Crippen molar-refractivity contribution in [2.45, 2.75) is 12.1 Å². The van der Waals surface area contributed by atoms with Gasteiger partial charge in [-0.1, -0.05) is 0 Å². The van der Waals surface area contributed by atoms with E-state index in [0.717, 1.165) is 0 Å². The zero-order valence-electron chi connectivity index (χ0n) is 7.01. The molecule has 1 heterocycles. The van der Waals surface area contributed by atoms with E-state index >= 15 is 0 Å². The van der Waals surface area contributed by atoms with Gasteiger partial charge in [-0.05, 0) is 0 Å². The SMILES string of the molecule is COC(=O)[C@H](N)[C@@H](O)c1nccs1. The maximum Gasteiger partial charge on any atom is 0.325 e. The normalized spacial score (nSPS) is 15.0. The number of carbonyl (C=O) groups is 1. The van der Waals surface area contributed by atoms with Gasteiger partial charge in [-0.15, -0.1) is 11.3 Å². The number of aliphatic hydroxyl groups excluding tert-OH is 1. The summed E-state index contributed by atoms with van der Waals surface area (Å²) in [6.45, 7) is 0. The first-order valence-electron chi connectivity index (χ1n) is 3.57. The topological polar surface area (TPSA) is 85.4 Å². The number of aromatic nitrogens is 1. The number of ether oxygens (including phenoxy) is 1. The zero-order valence-corrected chi connectivity index (χ0v) is 7.82. The van der Waals surface area contributed by atoms with Crippen LogP contribution < -0.4 is 5.73 Å². The van der Waals surface area contributed by atoms with Gasteiger partial charge in [0.05, 0.1) is 7.11 Å². The van der Waals surface area contributed by atoms with Gasteiger partial charge in [0.25, 0.3) is 0 Å². The predicted molar refractivity (Wildman–Crippen MR) is 47.1 cm³/mol. The lowest BCUT2D eigenvalue weighted by atomic mass is 10.2.